The summed E-state index contributed by atoms with van der Waals surface area (Å²) in [5, 5.41) is 0. The maximum atomic E-state index is 11.8. The summed E-state index contributed by atoms with van der Waals surface area (Å²) in [6.45, 7) is 1.89. The molecular weight excluding hydrogens is 192 g/mol. The maximum Gasteiger partial charge on any atom is 0.224 e. The first kappa shape index (κ1) is 10.9. The summed E-state index contributed by atoms with van der Waals surface area (Å²) in [5.41, 5.74) is 5.43. The van der Waals surface area contributed by atoms with Crippen LogP contribution in [0, 0.1) is 0 Å². The number of nitrogens with zero attached hydrogens (tertiary/aromatic N) is 1. The molecule has 2 aliphatic rings. The van der Waals surface area contributed by atoms with Crippen LogP contribution in [0.4, 0.5) is 0 Å². The van der Waals surface area contributed by atoms with Crippen LogP contribution in [-0.4, -0.2) is 42.6 Å². The number of hydrogen-bond acceptors (Lipinski definition) is 3. The molecule has 2 unspecified atom stereocenters. The lowest BCUT2D eigenvalue weighted by atomic mass is 9.90. The lowest BCUT2D eigenvalue weighted by Gasteiger charge is -2.43. The van der Waals surface area contributed by atoms with Crippen LogP contribution >= 0.6 is 0 Å². The minimum atomic E-state index is 0.206. The number of carbonyl (C=O) groups is 1. The molecule has 2 atom stereocenters. The van der Waals surface area contributed by atoms with Gasteiger partial charge in [-0.3, -0.25) is 4.79 Å². The lowest BCUT2D eigenvalue weighted by molar-refractivity contribution is -0.149. The molecule has 1 heterocycles. The van der Waals surface area contributed by atoms with Gasteiger partial charge in [-0.05, 0) is 12.8 Å². The van der Waals surface area contributed by atoms with E-state index in [9.17, 15) is 4.79 Å². The van der Waals surface area contributed by atoms with Crippen LogP contribution in [0.2, 0.25) is 0 Å². The zero-order valence-corrected chi connectivity index (χ0v) is 9.15. The molecular formula is C11H20N2O2. The van der Waals surface area contributed by atoms with Gasteiger partial charge in [-0.15, -0.1) is 0 Å². The minimum absolute atomic E-state index is 0.206. The largest absolute Gasteiger partial charge is 0.374 e. The molecule has 2 fully saturated rings. The first-order valence-electron chi connectivity index (χ1n) is 5.94. The molecule has 15 heavy (non-hydrogen) atoms. The van der Waals surface area contributed by atoms with Gasteiger partial charge in [0.2, 0.25) is 5.91 Å². The second-order valence-electron chi connectivity index (χ2n) is 4.39. The Labute approximate surface area is 90.8 Å². The van der Waals surface area contributed by atoms with Crippen LogP contribution in [0.15, 0.2) is 0 Å². The van der Waals surface area contributed by atoms with Gasteiger partial charge in [0.05, 0.1) is 18.8 Å². The summed E-state index contributed by atoms with van der Waals surface area (Å²) in [4.78, 5) is 13.8. The van der Waals surface area contributed by atoms with Crippen molar-refractivity contribution in [3.05, 3.63) is 0 Å². The molecule has 4 nitrogen and oxygen atoms in total. The third-order valence-corrected chi connectivity index (χ3v) is 3.41. The van der Waals surface area contributed by atoms with E-state index in [0.717, 1.165) is 19.4 Å². The van der Waals surface area contributed by atoms with Crippen LogP contribution in [0.1, 0.15) is 32.1 Å². The SMILES string of the molecule is NCCC(=O)N1CCOC2CCCCC21. The van der Waals surface area contributed by atoms with Crippen LogP contribution < -0.4 is 5.73 Å². The van der Waals surface area contributed by atoms with E-state index in [1.807, 2.05) is 4.90 Å². The van der Waals surface area contributed by atoms with Gasteiger partial charge in [-0.1, -0.05) is 12.8 Å². The van der Waals surface area contributed by atoms with Crippen molar-refractivity contribution < 1.29 is 9.53 Å². The predicted octanol–water partition coefficient (Wildman–Crippen LogP) is 0.505. The molecule has 0 bridgehead atoms. The summed E-state index contributed by atoms with van der Waals surface area (Å²) < 4.78 is 5.72. The topological polar surface area (TPSA) is 55.6 Å². The van der Waals surface area contributed by atoms with E-state index in [-0.39, 0.29) is 12.0 Å². The zero-order valence-electron chi connectivity index (χ0n) is 9.15. The first-order chi connectivity index (χ1) is 7.33. The molecule has 1 saturated carbocycles. The van der Waals surface area contributed by atoms with Gasteiger partial charge in [-0.2, -0.15) is 0 Å². The van der Waals surface area contributed by atoms with E-state index < -0.39 is 0 Å². The fraction of sp³-hybridized carbons (Fsp3) is 0.909. The summed E-state index contributed by atoms with van der Waals surface area (Å²) in [7, 11) is 0. The van der Waals surface area contributed by atoms with Crippen molar-refractivity contribution in [3.63, 3.8) is 0 Å². The number of hydrogen-bond donors (Lipinski definition) is 1. The second kappa shape index (κ2) is 4.94. The third kappa shape index (κ3) is 2.32. The molecule has 0 aromatic carbocycles. The Morgan fingerprint density at radius 2 is 2.20 bits per heavy atom. The highest BCUT2D eigenvalue weighted by molar-refractivity contribution is 5.76. The molecule has 4 heteroatoms. The predicted molar refractivity (Wildman–Crippen MR) is 57.4 cm³/mol. The van der Waals surface area contributed by atoms with Gasteiger partial charge in [0, 0.05) is 19.5 Å². The highest BCUT2D eigenvalue weighted by Gasteiger charge is 2.36. The number of nitrogens with two attached hydrogens (primary N) is 1. The van der Waals surface area contributed by atoms with Crippen LogP contribution in [0.25, 0.3) is 0 Å². The van der Waals surface area contributed by atoms with Gasteiger partial charge in [0.15, 0.2) is 0 Å². The third-order valence-electron chi connectivity index (χ3n) is 3.41. The van der Waals surface area contributed by atoms with E-state index in [0.29, 0.717) is 25.6 Å². The van der Waals surface area contributed by atoms with E-state index >= 15 is 0 Å². The lowest BCUT2D eigenvalue weighted by Crippen LogP contribution is -2.55. The smallest absolute Gasteiger partial charge is 0.224 e. The number of rotatable bonds is 2. The molecule has 1 saturated heterocycles. The van der Waals surface area contributed by atoms with Crippen molar-refractivity contribution in [3.8, 4) is 0 Å². The Balaban J connectivity index is 2.00. The van der Waals surface area contributed by atoms with Crippen molar-refractivity contribution >= 4 is 5.91 Å². The molecule has 0 aromatic rings. The molecule has 0 spiro atoms. The molecule has 0 aromatic heterocycles. The van der Waals surface area contributed by atoms with Gasteiger partial charge in [-0.25, -0.2) is 0 Å². The Hall–Kier alpha value is -0.610. The Bertz CT molecular complexity index is 231. The van der Waals surface area contributed by atoms with Gasteiger partial charge >= 0.3 is 0 Å². The van der Waals surface area contributed by atoms with Crippen LogP contribution in [0.3, 0.4) is 0 Å². The van der Waals surface area contributed by atoms with Crippen molar-refractivity contribution in [1.82, 2.24) is 4.90 Å². The first-order valence-corrected chi connectivity index (χ1v) is 5.94. The molecule has 1 aliphatic heterocycles. The second-order valence-corrected chi connectivity index (χ2v) is 4.39. The summed E-state index contributed by atoms with van der Waals surface area (Å²) >= 11 is 0. The van der Waals surface area contributed by atoms with E-state index in [1.54, 1.807) is 0 Å². The molecule has 1 aliphatic carbocycles. The van der Waals surface area contributed by atoms with Crippen molar-refractivity contribution in [2.45, 2.75) is 44.2 Å². The van der Waals surface area contributed by atoms with Crippen LogP contribution in [0.5, 0.6) is 0 Å². The average molecular weight is 212 g/mol. The number of amides is 1. The standard InChI is InChI=1S/C11H20N2O2/c12-6-5-11(14)13-7-8-15-10-4-2-1-3-9(10)13/h9-10H,1-8,12H2. The van der Waals surface area contributed by atoms with E-state index in [1.165, 1.54) is 12.8 Å². The highest BCUT2D eigenvalue weighted by Crippen LogP contribution is 2.28. The molecule has 86 valence electrons. The molecule has 2 N–H and O–H groups in total. The Morgan fingerprint density at radius 1 is 1.40 bits per heavy atom. The zero-order chi connectivity index (χ0) is 10.7. The summed E-state index contributed by atoms with van der Waals surface area (Å²) in [6, 6.07) is 0.326. The van der Waals surface area contributed by atoms with Gasteiger partial charge in [0.1, 0.15) is 0 Å². The Morgan fingerprint density at radius 3 is 3.00 bits per heavy atom. The van der Waals surface area contributed by atoms with Crippen LogP contribution in [-0.2, 0) is 9.53 Å². The summed E-state index contributed by atoms with van der Waals surface area (Å²) in [6.07, 6.45) is 5.42. The number of ether oxygens (including phenoxy) is 1. The van der Waals surface area contributed by atoms with Gasteiger partial charge < -0.3 is 15.4 Å². The quantitative estimate of drug-likeness (QED) is 0.725. The van der Waals surface area contributed by atoms with Crippen molar-refractivity contribution in [2.24, 2.45) is 5.73 Å². The van der Waals surface area contributed by atoms with Gasteiger partial charge in [0.25, 0.3) is 0 Å². The minimum Gasteiger partial charge on any atom is -0.374 e. The fourth-order valence-corrected chi connectivity index (χ4v) is 2.67. The molecule has 0 radical (unpaired) electrons. The normalized spacial score (nSPS) is 31.1. The van der Waals surface area contributed by atoms with Crippen molar-refractivity contribution in [1.29, 1.82) is 0 Å². The highest BCUT2D eigenvalue weighted by atomic mass is 16.5. The summed E-state index contributed by atoms with van der Waals surface area (Å²) in [5.74, 6) is 0.206. The average Bonchev–Trinajstić information content (AvgIpc) is 2.28. The van der Waals surface area contributed by atoms with Crippen molar-refractivity contribution in [2.75, 3.05) is 19.7 Å². The number of morpholine rings is 1. The molecule has 2 rings (SSSR count). The molecule has 1 amide bonds. The maximum absolute atomic E-state index is 11.8. The monoisotopic (exact) mass is 212 g/mol. The number of carbonyl (C=O) groups excluding carboxylic acids is 1. The fourth-order valence-electron chi connectivity index (χ4n) is 2.67. The Kier molecular flexibility index (Phi) is 3.59. The van der Waals surface area contributed by atoms with E-state index in [2.05, 4.69) is 0 Å². The van der Waals surface area contributed by atoms with E-state index in [4.69, 9.17) is 10.5 Å². The number of fused-ring (bicyclic) bond motifs is 1.